The van der Waals surface area contributed by atoms with Crippen molar-refractivity contribution in [3.8, 4) is 0 Å². The summed E-state index contributed by atoms with van der Waals surface area (Å²) in [6.45, 7) is 13.2. The molecule has 0 radical (unpaired) electrons. The maximum atomic E-state index is 12.9. The van der Waals surface area contributed by atoms with Gasteiger partial charge < -0.3 is 9.80 Å². The van der Waals surface area contributed by atoms with E-state index >= 15 is 0 Å². The third kappa shape index (κ3) is 4.27. The van der Waals surface area contributed by atoms with Crippen molar-refractivity contribution >= 4 is 17.4 Å². The summed E-state index contributed by atoms with van der Waals surface area (Å²) < 4.78 is 1.78. The number of aryl methyl sites for hydroxylation is 1. The molecular formula is C24H34N4O2. The maximum absolute atomic E-state index is 12.9. The molecule has 2 aliphatic rings. The van der Waals surface area contributed by atoms with Crippen molar-refractivity contribution in [1.29, 1.82) is 0 Å². The van der Waals surface area contributed by atoms with Gasteiger partial charge in [-0.3, -0.25) is 14.3 Å². The summed E-state index contributed by atoms with van der Waals surface area (Å²) in [5.74, 6) is 0.0828. The number of ketones is 1. The molecule has 0 unspecified atom stereocenters. The van der Waals surface area contributed by atoms with Gasteiger partial charge in [0.05, 0.1) is 0 Å². The summed E-state index contributed by atoms with van der Waals surface area (Å²) in [4.78, 5) is 29.0. The Hall–Kier alpha value is -2.63. The molecule has 1 fully saturated rings. The van der Waals surface area contributed by atoms with Crippen molar-refractivity contribution in [2.45, 2.75) is 60.4 Å². The minimum atomic E-state index is -0.00788. The highest BCUT2D eigenvalue weighted by atomic mass is 16.2. The molecule has 6 heteroatoms. The van der Waals surface area contributed by atoms with E-state index in [1.54, 1.807) is 11.6 Å². The predicted octanol–water partition coefficient (Wildman–Crippen LogP) is 3.57. The zero-order chi connectivity index (χ0) is 21.8. The van der Waals surface area contributed by atoms with Crippen molar-refractivity contribution in [1.82, 2.24) is 14.7 Å². The summed E-state index contributed by atoms with van der Waals surface area (Å²) in [6, 6.07) is 6.40. The van der Waals surface area contributed by atoms with E-state index in [0.29, 0.717) is 5.69 Å². The first-order valence-electron chi connectivity index (χ1n) is 11.1. The van der Waals surface area contributed by atoms with Gasteiger partial charge in [0, 0.05) is 50.0 Å². The Morgan fingerprint density at radius 2 is 1.73 bits per heavy atom. The Labute approximate surface area is 179 Å². The third-order valence-electron chi connectivity index (χ3n) is 6.17. The number of nitrogens with zero attached hydrogens (tertiary/aromatic N) is 4. The van der Waals surface area contributed by atoms with Crippen LogP contribution in [0.2, 0.25) is 0 Å². The minimum absolute atomic E-state index is 0.00788. The zero-order valence-corrected chi connectivity index (χ0v) is 19.0. The highest BCUT2D eigenvalue weighted by Gasteiger charge is 2.27. The van der Waals surface area contributed by atoms with Crippen LogP contribution in [0.4, 0.5) is 5.69 Å². The van der Waals surface area contributed by atoms with Gasteiger partial charge in [-0.1, -0.05) is 26.0 Å². The van der Waals surface area contributed by atoms with Crippen molar-refractivity contribution < 1.29 is 9.59 Å². The van der Waals surface area contributed by atoms with Crippen LogP contribution in [-0.4, -0.2) is 52.5 Å². The molecule has 0 atom stereocenters. The number of Topliss-reactive ketones (excluding diaryl/α,β-unsaturated/α-hetero) is 1. The number of anilines is 1. The van der Waals surface area contributed by atoms with Gasteiger partial charge in [-0.05, 0) is 50.3 Å². The van der Waals surface area contributed by atoms with Gasteiger partial charge in [0.25, 0.3) is 0 Å². The van der Waals surface area contributed by atoms with E-state index in [1.165, 1.54) is 16.8 Å². The van der Waals surface area contributed by atoms with Gasteiger partial charge in [-0.2, -0.15) is 5.10 Å². The molecule has 1 aliphatic carbocycles. The number of carbonyl (C=O) groups excluding carboxylic acids is 2. The van der Waals surface area contributed by atoms with E-state index < -0.39 is 0 Å². The number of hydrogen-bond acceptors (Lipinski definition) is 4. The van der Waals surface area contributed by atoms with Crippen molar-refractivity contribution in [3.63, 3.8) is 0 Å². The molecule has 1 saturated heterocycles. The largest absolute Gasteiger partial charge is 0.368 e. The van der Waals surface area contributed by atoms with Crippen LogP contribution in [0.15, 0.2) is 18.2 Å². The molecule has 1 aromatic carbocycles. The number of hydrogen-bond donors (Lipinski definition) is 0. The fourth-order valence-electron chi connectivity index (χ4n) is 4.43. The van der Waals surface area contributed by atoms with Crippen LogP contribution in [0.25, 0.3) is 0 Å². The van der Waals surface area contributed by atoms with Crippen LogP contribution < -0.4 is 4.90 Å². The molecule has 0 N–H and O–H groups in total. The lowest BCUT2D eigenvalue weighted by atomic mass is 10.1. The molecule has 2 aromatic rings. The number of aromatic nitrogens is 2. The van der Waals surface area contributed by atoms with Gasteiger partial charge in [-0.15, -0.1) is 0 Å². The number of amides is 1. The number of rotatable bonds is 4. The number of piperazine rings is 1. The van der Waals surface area contributed by atoms with E-state index in [9.17, 15) is 9.59 Å². The molecule has 1 aromatic heterocycles. The molecule has 30 heavy (non-hydrogen) atoms. The second-order valence-corrected chi connectivity index (χ2v) is 7.93. The fraction of sp³-hybridized carbons (Fsp3) is 0.542. The Kier molecular flexibility index (Phi) is 6.95. The Morgan fingerprint density at radius 3 is 2.40 bits per heavy atom. The van der Waals surface area contributed by atoms with Gasteiger partial charge in [0.2, 0.25) is 5.91 Å². The lowest BCUT2D eigenvalue weighted by molar-refractivity contribution is -0.132. The predicted molar refractivity (Wildman–Crippen MR) is 120 cm³/mol. The van der Waals surface area contributed by atoms with Gasteiger partial charge in [-0.25, -0.2) is 0 Å². The average molecular weight is 411 g/mol. The van der Waals surface area contributed by atoms with E-state index in [0.717, 1.165) is 56.7 Å². The molecule has 4 rings (SSSR count). The monoisotopic (exact) mass is 410 g/mol. The standard InChI is InChI=1S/C22H28N4O2.C2H6/c1-15-6-4-8-19(16(15)2)24-10-12-25(13-11-24)21(28)14-26-20-9-5-7-18(20)22(23-26)17(3)27;1-2/h4,6,8H,5,7,9-14H2,1-3H3;1-2H3. The fourth-order valence-corrected chi connectivity index (χ4v) is 4.43. The first-order chi connectivity index (χ1) is 14.5. The van der Waals surface area contributed by atoms with E-state index in [4.69, 9.17) is 0 Å². The van der Waals surface area contributed by atoms with E-state index in [2.05, 4.69) is 42.0 Å². The van der Waals surface area contributed by atoms with Crippen molar-refractivity contribution in [2.24, 2.45) is 0 Å². The average Bonchev–Trinajstić information content (AvgIpc) is 3.35. The molecule has 2 heterocycles. The Morgan fingerprint density at radius 1 is 1.03 bits per heavy atom. The smallest absolute Gasteiger partial charge is 0.244 e. The topological polar surface area (TPSA) is 58.4 Å². The van der Waals surface area contributed by atoms with Gasteiger partial charge in [0.1, 0.15) is 12.2 Å². The van der Waals surface area contributed by atoms with Crippen LogP contribution in [-0.2, 0) is 24.2 Å². The van der Waals surface area contributed by atoms with Crippen LogP contribution in [0.1, 0.15) is 60.1 Å². The van der Waals surface area contributed by atoms with E-state index in [-0.39, 0.29) is 18.2 Å². The molecule has 0 bridgehead atoms. The second-order valence-electron chi connectivity index (χ2n) is 7.93. The van der Waals surface area contributed by atoms with Crippen molar-refractivity contribution in [3.05, 3.63) is 46.3 Å². The normalized spacial score (nSPS) is 15.5. The first kappa shape index (κ1) is 22.1. The van der Waals surface area contributed by atoms with Crippen LogP contribution >= 0.6 is 0 Å². The summed E-state index contributed by atoms with van der Waals surface area (Å²) in [7, 11) is 0. The van der Waals surface area contributed by atoms with Gasteiger partial charge in [0.15, 0.2) is 5.78 Å². The van der Waals surface area contributed by atoms with E-state index in [1.807, 2.05) is 18.7 Å². The molecule has 0 saturated carbocycles. The number of benzene rings is 1. The molecule has 6 nitrogen and oxygen atoms in total. The van der Waals surface area contributed by atoms with Crippen LogP contribution in [0.5, 0.6) is 0 Å². The molecular weight excluding hydrogens is 376 g/mol. The molecule has 0 spiro atoms. The summed E-state index contributed by atoms with van der Waals surface area (Å²) in [5.41, 5.74) is 6.56. The Bertz CT molecular complexity index is 924. The third-order valence-corrected chi connectivity index (χ3v) is 6.17. The molecule has 1 aliphatic heterocycles. The maximum Gasteiger partial charge on any atom is 0.244 e. The van der Waals surface area contributed by atoms with Crippen LogP contribution in [0.3, 0.4) is 0 Å². The minimum Gasteiger partial charge on any atom is -0.368 e. The quantitative estimate of drug-likeness (QED) is 0.723. The highest BCUT2D eigenvalue weighted by molar-refractivity contribution is 5.94. The SMILES string of the molecule is CC.CC(=O)c1nn(CC(=O)N2CCN(c3cccc(C)c3C)CC2)c2c1CCC2. The second kappa shape index (κ2) is 9.45. The lowest BCUT2D eigenvalue weighted by Crippen LogP contribution is -2.50. The first-order valence-corrected chi connectivity index (χ1v) is 11.1. The lowest BCUT2D eigenvalue weighted by Gasteiger charge is -2.37. The van der Waals surface area contributed by atoms with Crippen molar-refractivity contribution in [2.75, 3.05) is 31.1 Å². The van der Waals surface area contributed by atoms with Crippen LogP contribution in [0, 0.1) is 13.8 Å². The summed E-state index contributed by atoms with van der Waals surface area (Å²) >= 11 is 0. The zero-order valence-electron chi connectivity index (χ0n) is 19.0. The summed E-state index contributed by atoms with van der Waals surface area (Å²) in [6.07, 6.45) is 2.84. The Balaban J connectivity index is 0.00000124. The number of carbonyl (C=O) groups is 2. The van der Waals surface area contributed by atoms with Gasteiger partial charge >= 0.3 is 0 Å². The molecule has 1 amide bonds. The molecule has 162 valence electrons. The summed E-state index contributed by atoms with van der Waals surface area (Å²) in [5, 5.41) is 4.46. The number of fused-ring (bicyclic) bond motifs is 1. The highest BCUT2D eigenvalue weighted by Crippen LogP contribution is 2.26.